The fourth-order valence-corrected chi connectivity index (χ4v) is 3.73. The number of pyridine rings is 2. The minimum atomic E-state index is -0.408. The highest BCUT2D eigenvalue weighted by Gasteiger charge is 2.17. The van der Waals surface area contributed by atoms with Crippen molar-refractivity contribution in [3.8, 4) is 23.1 Å². The van der Waals surface area contributed by atoms with E-state index in [1.165, 1.54) is 6.33 Å². The fraction of sp³-hybridized carbons (Fsp3) is 0.312. The predicted molar refractivity (Wildman–Crippen MR) is 173 cm³/mol. The molecule has 1 unspecified atom stereocenters. The van der Waals surface area contributed by atoms with E-state index in [2.05, 4.69) is 52.6 Å². The maximum absolute atomic E-state index is 12.6. The number of aromatic nitrogens is 4. The number of fused-ring (bicyclic) bond motifs is 1. The van der Waals surface area contributed by atoms with Crippen LogP contribution in [-0.2, 0) is 9.68 Å². The van der Waals surface area contributed by atoms with Crippen molar-refractivity contribution in [1.82, 2.24) is 25.3 Å². The highest BCUT2D eigenvalue weighted by Crippen LogP contribution is 2.30. The van der Waals surface area contributed by atoms with Gasteiger partial charge < -0.3 is 21.4 Å². The molecule has 4 rings (SSSR count). The lowest BCUT2D eigenvalue weighted by atomic mass is 10.1. The molecule has 43 heavy (non-hydrogen) atoms. The Balaban J connectivity index is 0.000000877. The van der Waals surface area contributed by atoms with Gasteiger partial charge in [0.15, 0.2) is 0 Å². The van der Waals surface area contributed by atoms with Gasteiger partial charge in [-0.25, -0.2) is 19.8 Å². The molecule has 11 nitrogen and oxygen atoms in total. The van der Waals surface area contributed by atoms with Crippen LogP contribution in [0.5, 0.6) is 0 Å². The molecule has 0 aliphatic rings. The summed E-state index contributed by atoms with van der Waals surface area (Å²) in [6, 6.07) is 13.0. The molecule has 3 aromatic heterocycles. The van der Waals surface area contributed by atoms with E-state index >= 15 is 0 Å². The van der Waals surface area contributed by atoms with Crippen LogP contribution in [0.15, 0.2) is 48.8 Å². The number of nitrogens with one attached hydrogen (secondary N) is 4. The number of anilines is 2. The zero-order chi connectivity index (χ0) is 31.7. The first kappa shape index (κ1) is 32.8. The summed E-state index contributed by atoms with van der Waals surface area (Å²) in [5.41, 5.74) is 5.41. The fourth-order valence-electron chi connectivity index (χ4n) is 3.73. The SMILES string of the molecule is CC(C)(C)OO.CNc1c(C(C)=N)ncnc1-c1cc(C#Cc2ccc3nc(C)ccc3c2)nc(NC(=O)C(C)NC)c1.[HH]. The number of carbonyl (C=O) groups is 1. The lowest BCUT2D eigenvalue weighted by Gasteiger charge is -2.14. The number of hydrogen-bond acceptors (Lipinski definition) is 10. The van der Waals surface area contributed by atoms with Gasteiger partial charge in [0.2, 0.25) is 5.91 Å². The predicted octanol–water partition coefficient (Wildman–Crippen LogP) is 5.29. The average Bonchev–Trinajstić information content (AvgIpc) is 2.98. The summed E-state index contributed by atoms with van der Waals surface area (Å²) < 4.78 is 0. The molecule has 0 saturated carbocycles. The Morgan fingerprint density at radius 1 is 1.07 bits per heavy atom. The van der Waals surface area contributed by atoms with E-state index in [0.717, 1.165) is 22.2 Å². The van der Waals surface area contributed by atoms with Crippen molar-refractivity contribution >= 4 is 34.0 Å². The summed E-state index contributed by atoms with van der Waals surface area (Å²) in [6.07, 6.45) is 1.42. The molecule has 1 aromatic carbocycles. The van der Waals surface area contributed by atoms with Crippen LogP contribution in [-0.4, -0.2) is 62.6 Å². The van der Waals surface area contributed by atoms with Gasteiger partial charge in [-0.3, -0.25) is 15.0 Å². The second-order valence-electron chi connectivity index (χ2n) is 10.8. The minimum absolute atomic E-state index is 0. The Bertz CT molecular complexity index is 1690. The first-order valence-electron chi connectivity index (χ1n) is 13.7. The van der Waals surface area contributed by atoms with Crippen molar-refractivity contribution in [2.24, 2.45) is 0 Å². The third-order valence-electron chi connectivity index (χ3n) is 6.07. The third-order valence-corrected chi connectivity index (χ3v) is 6.07. The van der Waals surface area contributed by atoms with Crippen LogP contribution < -0.4 is 16.0 Å². The number of amides is 1. The van der Waals surface area contributed by atoms with E-state index < -0.39 is 11.6 Å². The summed E-state index contributed by atoms with van der Waals surface area (Å²) in [7, 11) is 3.47. The normalized spacial score (nSPS) is 11.5. The van der Waals surface area contributed by atoms with Gasteiger partial charge in [-0.1, -0.05) is 12.0 Å². The highest BCUT2D eigenvalue weighted by molar-refractivity contribution is 6.02. The molecule has 0 spiro atoms. The van der Waals surface area contributed by atoms with Crippen LogP contribution >= 0.6 is 0 Å². The standard InChI is InChI=1S/C28H28N8O.C4H10O2.H2/c1-16-6-9-20-12-19(8-11-23(20)34-16)7-10-22-13-21(14-24(35-22)36-28(37)18(3)30-4)26-27(31-5)25(17(2)29)32-15-33-26;1-4(2,3)6-5;/h6,8-9,11-15,18,29-31H,1-5H3,(H,35,36,37);5H,1-3H3;1H. The summed E-state index contributed by atoms with van der Waals surface area (Å²) in [4.78, 5) is 34.3. The Hall–Kier alpha value is -4.76. The molecule has 0 saturated heterocycles. The van der Waals surface area contributed by atoms with E-state index in [-0.39, 0.29) is 7.33 Å². The van der Waals surface area contributed by atoms with Gasteiger partial charge in [-0.2, -0.15) is 0 Å². The van der Waals surface area contributed by atoms with Crippen LogP contribution in [0.1, 0.15) is 58.7 Å². The summed E-state index contributed by atoms with van der Waals surface area (Å²) in [6.45, 7) is 10.7. The maximum Gasteiger partial charge on any atom is 0.242 e. The number of carbonyl (C=O) groups excluding carboxylic acids is 1. The molecule has 1 atom stereocenters. The Morgan fingerprint density at radius 2 is 1.79 bits per heavy atom. The molecular weight excluding hydrogens is 544 g/mol. The molecule has 4 aromatic rings. The number of likely N-dealkylation sites (N-methyl/N-ethyl adjacent to an activating group) is 1. The smallest absolute Gasteiger partial charge is 0.242 e. The van der Waals surface area contributed by atoms with E-state index in [9.17, 15) is 4.79 Å². The Kier molecular flexibility index (Phi) is 11.0. The number of rotatable bonds is 6. The molecule has 1 amide bonds. The van der Waals surface area contributed by atoms with E-state index in [1.807, 2.05) is 43.3 Å². The van der Waals surface area contributed by atoms with Crippen LogP contribution in [0.25, 0.3) is 22.2 Å². The summed E-state index contributed by atoms with van der Waals surface area (Å²) in [5.74, 6) is 6.42. The van der Waals surface area contributed by atoms with Gasteiger partial charge in [-0.15, -0.1) is 0 Å². The molecule has 0 bridgehead atoms. The second-order valence-corrected chi connectivity index (χ2v) is 10.8. The van der Waals surface area contributed by atoms with Gasteiger partial charge in [0, 0.05) is 30.7 Å². The van der Waals surface area contributed by atoms with Crippen molar-refractivity contribution in [3.63, 3.8) is 0 Å². The molecule has 226 valence electrons. The van der Waals surface area contributed by atoms with Crippen molar-refractivity contribution in [2.75, 3.05) is 24.7 Å². The molecule has 0 aliphatic carbocycles. The summed E-state index contributed by atoms with van der Waals surface area (Å²) in [5, 5.41) is 25.9. The molecule has 0 aliphatic heterocycles. The zero-order valence-electron chi connectivity index (χ0n) is 25.7. The van der Waals surface area contributed by atoms with Gasteiger partial charge >= 0.3 is 0 Å². The van der Waals surface area contributed by atoms with E-state index in [1.54, 1.807) is 54.8 Å². The van der Waals surface area contributed by atoms with E-state index in [0.29, 0.717) is 39.9 Å². The van der Waals surface area contributed by atoms with E-state index in [4.69, 9.17) is 10.7 Å². The van der Waals surface area contributed by atoms with Gasteiger partial charge in [-0.05, 0) is 90.9 Å². The molecular formula is C32H40N8O3. The average molecular weight is 585 g/mol. The van der Waals surface area contributed by atoms with Crippen LogP contribution in [0, 0.1) is 24.2 Å². The van der Waals surface area contributed by atoms with Gasteiger partial charge in [0.05, 0.1) is 34.3 Å². The minimum Gasteiger partial charge on any atom is -0.385 e. The number of aryl methyl sites for hydroxylation is 1. The van der Waals surface area contributed by atoms with Gasteiger partial charge in [0.25, 0.3) is 0 Å². The second kappa shape index (κ2) is 14.4. The van der Waals surface area contributed by atoms with Crippen LogP contribution in [0.3, 0.4) is 0 Å². The van der Waals surface area contributed by atoms with Crippen molar-refractivity contribution in [3.05, 3.63) is 71.4 Å². The highest BCUT2D eigenvalue weighted by atomic mass is 17.1. The largest absolute Gasteiger partial charge is 0.385 e. The number of hydrogen-bond donors (Lipinski definition) is 5. The molecule has 5 N–H and O–H groups in total. The first-order valence-corrected chi connectivity index (χ1v) is 13.7. The quantitative estimate of drug-likeness (QED) is 0.0878. The molecule has 11 heteroatoms. The van der Waals surface area contributed by atoms with Crippen molar-refractivity contribution < 1.29 is 16.4 Å². The zero-order valence-corrected chi connectivity index (χ0v) is 25.7. The Morgan fingerprint density at radius 3 is 2.42 bits per heavy atom. The molecule has 3 heterocycles. The first-order chi connectivity index (χ1) is 20.3. The number of benzene rings is 1. The Labute approximate surface area is 253 Å². The van der Waals surface area contributed by atoms with Crippen molar-refractivity contribution in [2.45, 2.75) is 53.2 Å². The summed E-state index contributed by atoms with van der Waals surface area (Å²) >= 11 is 0. The lowest BCUT2D eigenvalue weighted by Crippen LogP contribution is -2.35. The van der Waals surface area contributed by atoms with Crippen LogP contribution in [0.4, 0.5) is 11.5 Å². The topological polar surface area (TPSA) is 158 Å². The molecule has 0 fully saturated rings. The van der Waals surface area contributed by atoms with Crippen molar-refractivity contribution in [1.29, 1.82) is 5.41 Å². The lowest BCUT2D eigenvalue weighted by molar-refractivity contribution is -0.306. The number of nitrogens with zero attached hydrogens (tertiary/aromatic N) is 4. The third kappa shape index (κ3) is 9.11. The van der Waals surface area contributed by atoms with Gasteiger partial charge in [0.1, 0.15) is 23.5 Å². The van der Waals surface area contributed by atoms with Crippen LogP contribution in [0.2, 0.25) is 0 Å². The molecule has 0 radical (unpaired) electrons. The maximum atomic E-state index is 12.6. The monoisotopic (exact) mass is 584 g/mol.